The summed E-state index contributed by atoms with van der Waals surface area (Å²) in [6.07, 6.45) is 2.82. The van der Waals surface area contributed by atoms with Crippen LogP contribution in [0.2, 0.25) is 0 Å². The van der Waals surface area contributed by atoms with E-state index in [-0.39, 0.29) is 12.0 Å². The molecule has 0 saturated carbocycles. The molecule has 7 heteroatoms. The highest BCUT2D eigenvalue weighted by molar-refractivity contribution is 5.92. The van der Waals surface area contributed by atoms with Crippen LogP contribution in [-0.4, -0.2) is 54.7 Å². The van der Waals surface area contributed by atoms with Gasteiger partial charge in [0.1, 0.15) is 13.2 Å². The molecule has 142 valence electrons. The van der Waals surface area contributed by atoms with Crippen molar-refractivity contribution in [3.63, 3.8) is 0 Å². The van der Waals surface area contributed by atoms with Gasteiger partial charge in [-0.1, -0.05) is 6.07 Å². The molecule has 0 spiro atoms. The highest BCUT2D eigenvalue weighted by Crippen LogP contribution is 2.32. The van der Waals surface area contributed by atoms with Gasteiger partial charge in [0, 0.05) is 31.0 Å². The van der Waals surface area contributed by atoms with Crippen molar-refractivity contribution in [3.05, 3.63) is 48.3 Å². The van der Waals surface area contributed by atoms with Gasteiger partial charge in [-0.25, -0.2) is 0 Å². The van der Waals surface area contributed by atoms with Crippen LogP contribution in [0, 0.1) is 0 Å². The first-order valence-electron chi connectivity index (χ1n) is 9.19. The van der Waals surface area contributed by atoms with E-state index in [9.17, 15) is 4.79 Å². The summed E-state index contributed by atoms with van der Waals surface area (Å²) >= 11 is 0. The SMILES string of the molecule is O=C(CN1CC[C@@H](OCc2ccccn2)C1)Nc1ccc2c(c1)OCCO2. The van der Waals surface area contributed by atoms with Gasteiger partial charge in [0.25, 0.3) is 0 Å². The van der Waals surface area contributed by atoms with Crippen LogP contribution in [-0.2, 0) is 16.1 Å². The highest BCUT2D eigenvalue weighted by Gasteiger charge is 2.25. The molecule has 2 aliphatic rings. The number of carbonyl (C=O) groups is 1. The molecule has 1 N–H and O–H groups in total. The number of anilines is 1. The van der Waals surface area contributed by atoms with E-state index in [1.54, 1.807) is 12.3 Å². The smallest absolute Gasteiger partial charge is 0.238 e. The molecule has 1 atom stereocenters. The summed E-state index contributed by atoms with van der Waals surface area (Å²) in [5, 5.41) is 2.92. The number of hydrogen-bond donors (Lipinski definition) is 1. The number of benzene rings is 1. The third-order valence-corrected chi connectivity index (χ3v) is 4.62. The molecular formula is C20H23N3O4. The number of likely N-dealkylation sites (tertiary alicyclic amines) is 1. The second-order valence-corrected chi connectivity index (χ2v) is 6.68. The molecule has 0 aliphatic carbocycles. The van der Waals surface area contributed by atoms with Crippen LogP contribution in [0.15, 0.2) is 42.6 Å². The van der Waals surface area contributed by atoms with Crippen molar-refractivity contribution in [3.8, 4) is 11.5 Å². The maximum atomic E-state index is 12.3. The first-order valence-corrected chi connectivity index (χ1v) is 9.19. The number of aromatic nitrogens is 1. The molecule has 1 fully saturated rings. The largest absolute Gasteiger partial charge is 0.486 e. The third kappa shape index (κ3) is 4.75. The molecule has 1 aromatic heterocycles. The van der Waals surface area contributed by atoms with Gasteiger partial charge >= 0.3 is 0 Å². The van der Waals surface area contributed by atoms with Crippen molar-refractivity contribution >= 4 is 11.6 Å². The summed E-state index contributed by atoms with van der Waals surface area (Å²) < 4.78 is 17.0. The minimum Gasteiger partial charge on any atom is -0.486 e. The van der Waals surface area contributed by atoms with Crippen LogP contribution in [0.1, 0.15) is 12.1 Å². The number of hydrogen-bond acceptors (Lipinski definition) is 6. The molecule has 0 bridgehead atoms. The van der Waals surface area contributed by atoms with Crippen molar-refractivity contribution in [2.75, 3.05) is 38.2 Å². The average Bonchev–Trinajstić information content (AvgIpc) is 3.14. The lowest BCUT2D eigenvalue weighted by Gasteiger charge is -2.19. The van der Waals surface area contributed by atoms with Gasteiger partial charge in [-0.05, 0) is 30.7 Å². The lowest BCUT2D eigenvalue weighted by atomic mass is 10.2. The number of amides is 1. The zero-order chi connectivity index (χ0) is 18.5. The van der Waals surface area contributed by atoms with E-state index < -0.39 is 0 Å². The van der Waals surface area contributed by atoms with Crippen molar-refractivity contribution in [1.29, 1.82) is 0 Å². The van der Waals surface area contributed by atoms with E-state index in [0.29, 0.717) is 43.6 Å². The second-order valence-electron chi connectivity index (χ2n) is 6.68. The molecule has 0 radical (unpaired) electrons. The topological polar surface area (TPSA) is 72.9 Å². The number of nitrogens with zero attached hydrogens (tertiary/aromatic N) is 2. The van der Waals surface area contributed by atoms with Crippen LogP contribution in [0.3, 0.4) is 0 Å². The monoisotopic (exact) mass is 369 g/mol. The van der Waals surface area contributed by atoms with Gasteiger partial charge < -0.3 is 19.5 Å². The Hall–Kier alpha value is -2.64. The van der Waals surface area contributed by atoms with Crippen molar-refractivity contribution < 1.29 is 19.0 Å². The zero-order valence-electron chi connectivity index (χ0n) is 15.1. The standard InChI is InChI=1S/C20H23N3O4/c24-20(22-15-4-5-18-19(11-15)26-10-9-25-18)13-23-8-6-17(12-23)27-14-16-3-1-2-7-21-16/h1-5,7,11,17H,6,8-10,12-14H2,(H,22,24)/t17-/m1/s1. The lowest BCUT2D eigenvalue weighted by molar-refractivity contribution is -0.117. The second kappa shape index (κ2) is 8.37. The molecule has 3 heterocycles. The molecule has 1 amide bonds. The fraction of sp³-hybridized carbons (Fsp3) is 0.400. The zero-order valence-corrected chi connectivity index (χ0v) is 15.1. The van der Waals surface area contributed by atoms with Crippen LogP contribution in [0.25, 0.3) is 0 Å². The number of nitrogens with one attached hydrogen (secondary N) is 1. The Morgan fingerprint density at radius 3 is 2.96 bits per heavy atom. The van der Waals surface area contributed by atoms with Gasteiger partial charge in [0.05, 0.1) is 24.9 Å². The van der Waals surface area contributed by atoms with Crippen molar-refractivity contribution in [2.45, 2.75) is 19.1 Å². The molecule has 1 saturated heterocycles. The van der Waals surface area contributed by atoms with E-state index in [0.717, 1.165) is 25.2 Å². The number of ether oxygens (including phenoxy) is 3. The molecule has 1 aromatic carbocycles. The van der Waals surface area contributed by atoms with Gasteiger partial charge in [0.2, 0.25) is 5.91 Å². The predicted octanol–water partition coefficient (Wildman–Crippen LogP) is 2.08. The summed E-state index contributed by atoms with van der Waals surface area (Å²) in [7, 11) is 0. The number of pyridine rings is 1. The molecule has 7 nitrogen and oxygen atoms in total. The Morgan fingerprint density at radius 2 is 2.11 bits per heavy atom. The van der Waals surface area contributed by atoms with E-state index in [2.05, 4.69) is 15.2 Å². The quantitative estimate of drug-likeness (QED) is 0.841. The van der Waals surface area contributed by atoms with Gasteiger partial charge in [0.15, 0.2) is 11.5 Å². The average molecular weight is 369 g/mol. The Morgan fingerprint density at radius 1 is 1.22 bits per heavy atom. The fourth-order valence-electron chi connectivity index (χ4n) is 3.29. The summed E-state index contributed by atoms with van der Waals surface area (Å²) in [4.78, 5) is 18.7. The van der Waals surface area contributed by atoms with E-state index in [1.807, 2.05) is 30.3 Å². The van der Waals surface area contributed by atoms with Crippen molar-refractivity contribution in [2.24, 2.45) is 0 Å². The van der Waals surface area contributed by atoms with Crippen LogP contribution in [0.5, 0.6) is 11.5 Å². The van der Waals surface area contributed by atoms with E-state index in [4.69, 9.17) is 14.2 Å². The third-order valence-electron chi connectivity index (χ3n) is 4.62. The molecule has 27 heavy (non-hydrogen) atoms. The van der Waals surface area contributed by atoms with Crippen LogP contribution < -0.4 is 14.8 Å². The summed E-state index contributed by atoms with van der Waals surface area (Å²) in [5.74, 6) is 1.34. The first kappa shape index (κ1) is 17.8. The Kier molecular flexibility index (Phi) is 5.50. The minimum absolute atomic E-state index is 0.0444. The molecule has 2 aromatic rings. The number of rotatable bonds is 6. The Balaban J connectivity index is 1.23. The lowest BCUT2D eigenvalue weighted by Crippen LogP contribution is -2.32. The highest BCUT2D eigenvalue weighted by atomic mass is 16.6. The van der Waals surface area contributed by atoms with Crippen LogP contribution in [0.4, 0.5) is 5.69 Å². The Bertz CT molecular complexity index is 784. The fourth-order valence-corrected chi connectivity index (χ4v) is 3.29. The van der Waals surface area contributed by atoms with Gasteiger partial charge in [-0.2, -0.15) is 0 Å². The molecule has 4 rings (SSSR count). The van der Waals surface area contributed by atoms with E-state index >= 15 is 0 Å². The maximum Gasteiger partial charge on any atom is 0.238 e. The molecule has 2 aliphatic heterocycles. The Labute approximate surface area is 158 Å². The van der Waals surface area contributed by atoms with Crippen molar-refractivity contribution in [1.82, 2.24) is 9.88 Å². The number of fused-ring (bicyclic) bond motifs is 1. The summed E-state index contributed by atoms with van der Waals surface area (Å²) in [5.41, 5.74) is 1.64. The number of carbonyl (C=O) groups excluding carboxylic acids is 1. The summed E-state index contributed by atoms with van der Waals surface area (Å²) in [6.45, 7) is 3.53. The summed E-state index contributed by atoms with van der Waals surface area (Å²) in [6, 6.07) is 11.2. The van der Waals surface area contributed by atoms with Crippen LogP contribution >= 0.6 is 0 Å². The molecular weight excluding hydrogens is 346 g/mol. The van der Waals surface area contributed by atoms with E-state index in [1.165, 1.54) is 0 Å². The normalized spacial score (nSPS) is 19.0. The first-order chi connectivity index (χ1) is 13.3. The molecule has 0 unspecified atom stereocenters. The van der Waals surface area contributed by atoms with Gasteiger partial charge in [-0.15, -0.1) is 0 Å². The predicted molar refractivity (Wildman–Crippen MR) is 99.9 cm³/mol. The minimum atomic E-state index is -0.0444. The van der Waals surface area contributed by atoms with Gasteiger partial charge in [-0.3, -0.25) is 14.7 Å². The maximum absolute atomic E-state index is 12.3.